The molecule has 0 aliphatic heterocycles. The third-order valence-corrected chi connectivity index (χ3v) is 4.24. The van der Waals surface area contributed by atoms with Crippen molar-refractivity contribution in [2.75, 3.05) is 5.88 Å². The first kappa shape index (κ1) is 12.8. The van der Waals surface area contributed by atoms with Crippen LogP contribution in [-0.2, 0) is 4.79 Å². The number of carbonyl (C=O) groups is 1. The fourth-order valence-corrected chi connectivity index (χ4v) is 2.65. The zero-order valence-electron chi connectivity index (χ0n) is 9.81. The molecule has 0 saturated heterocycles. The van der Waals surface area contributed by atoms with Gasteiger partial charge >= 0.3 is 0 Å². The monoisotopic (exact) mass is 231 g/mol. The second-order valence-corrected chi connectivity index (χ2v) is 4.86. The third kappa shape index (κ3) is 3.10. The van der Waals surface area contributed by atoms with E-state index in [4.69, 9.17) is 11.6 Å². The molecule has 1 saturated carbocycles. The van der Waals surface area contributed by atoms with Crippen molar-refractivity contribution < 1.29 is 4.79 Å². The highest BCUT2D eigenvalue weighted by Crippen LogP contribution is 2.26. The lowest BCUT2D eigenvalue weighted by molar-refractivity contribution is -0.126. The Hall–Kier alpha value is -0.240. The largest absolute Gasteiger partial charge is 0.349 e. The van der Waals surface area contributed by atoms with E-state index in [1.807, 2.05) is 0 Å². The summed E-state index contributed by atoms with van der Waals surface area (Å²) in [7, 11) is 0. The van der Waals surface area contributed by atoms with E-state index in [9.17, 15) is 4.79 Å². The van der Waals surface area contributed by atoms with E-state index in [1.165, 1.54) is 12.8 Å². The number of alkyl halides is 1. The minimum absolute atomic E-state index is 0.179. The molecule has 0 aromatic rings. The molecule has 1 amide bonds. The zero-order chi connectivity index (χ0) is 11.3. The number of nitrogens with one attached hydrogen (secondary N) is 1. The molecular weight excluding hydrogens is 210 g/mol. The van der Waals surface area contributed by atoms with Crippen LogP contribution in [0.5, 0.6) is 0 Å². The Kier molecular flexibility index (Phi) is 4.91. The fourth-order valence-electron chi connectivity index (χ4n) is 2.20. The van der Waals surface area contributed by atoms with Crippen molar-refractivity contribution in [3.05, 3.63) is 0 Å². The lowest BCUT2D eigenvalue weighted by Gasteiger charge is -2.31. The van der Waals surface area contributed by atoms with E-state index in [1.54, 1.807) is 0 Å². The molecule has 15 heavy (non-hydrogen) atoms. The topological polar surface area (TPSA) is 29.1 Å². The van der Waals surface area contributed by atoms with E-state index in [0.29, 0.717) is 5.88 Å². The molecule has 1 rings (SSSR count). The smallest absolute Gasteiger partial charge is 0.223 e. The molecule has 0 aromatic carbocycles. The second-order valence-electron chi connectivity index (χ2n) is 4.59. The maximum Gasteiger partial charge on any atom is 0.223 e. The van der Waals surface area contributed by atoms with Crippen LogP contribution in [-0.4, -0.2) is 17.3 Å². The molecule has 1 aliphatic carbocycles. The van der Waals surface area contributed by atoms with Crippen LogP contribution in [0.1, 0.15) is 52.4 Å². The minimum Gasteiger partial charge on any atom is -0.349 e. The Balaban J connectivity index is 2.53. The van der Waals surface area contributed by atoms with Crippen molar-refractivity contribution in [2.45, 2.75) is 57.9 Å². The Labute approximate surface area is 97.8 Å². The molecule has 1 aliphatic rings. The molecule has 0 bridgehead atoms. The molecular formula is C12H22ClNO. The summed E-state index contributed by atoms with van der Waals surface area (Å²) in [6, 6.07) is 0. The molecule has 0 unspecified atom stereocenters. The van der Waals surface area contributed by atoms with Crippen LogP contribution in [0.4, 0.5) is 0 Å². The predicted octanol–water partition coefficient (Wildman–Crippen LogP) is 3.09. The maximum absolute atomic E-state index is 12.0. The van der Waals surface area contributed by atoms with Gasteiger partial charge in [0.15, 0.2) is 0 Å². The summed E-state index contributed by atoms with van der Waals surface area (Å²) < 4.78 is 0. The highest BCUT2D eigenvalue weighted by Gasteiger charge is 2.31. The van der Waals surface area contributed by atoms with Gasteiger partial charge < -0.3 is 5.32 Å². The van der Waals surface area contributed by atoms with Crippen LogP contribution in [0.3, 0.4) is 0 Å². The molecule has 0 radical (unpaired) electrons. The number of amides is 1. The van der Waals surface area contributed by atoms with Gasteiger partial charge in [-0.05, 0) is 25.7 Å². The van der Waals surface area contributed by atoms with E-state index >= 15 is 0 Å². The Bertz CT molecular complexity index is 199. The van der Waals surface area contributed by atoms with Crippen LogP contribution in [0.25, 0.3) is 0 Å². The molecule has 1 N–H and O–H groups in total. The van der Waals surface area contributed by atoms with E-state index < -0.39 is 0 Å². The predicted molar refractivity (Wildman–Crippen MR) is 64.1 cm³/mol. The van der Waals surface area contributed by atoms with Crippen molar-refractivity contribution in [1.29, 1.82) is 0 Å². The third-order valence-electron chi connectivity index (χ3n) is 3.72. The number of hydrogen-bond acceptors (Lipinski definition) is 1. The normalized spacial score (nSPS) is 18.1. The average Bonchev–Trinajstić information content (AvgIpc) is 2.79. The first-order valence-corrected chi connectivity index (χ1v) is 6.59. The second kappa shape index (κ2) is 5.74. The zero-order valence-corrected chi connectivity index (χ0v) is 10.6. The van der Waals surface area contributed by atoms with Gasteiger partial charge in [0.1, 0.15) is 0 Å². The summed E-state index contributed by atoms with van der Waals surface area (Å²) in [6.45, 7) is 4.17. The van der Waals surface area contributed by atoms with Gasteiger partial charge in [0.05, 0.1) is 5.54 Å². The molecule has 0 spiro atoms. The van der Waals surface area contributed by atoms with Gasteiger partial charge in [0.25, 0.3) is 0 Å². The average molecular weight is 232 g/mol. The molecule has 2 nitrogen and oxygen atoms in total. The SMILES string of the molecule is CCC(CC)(CCl)NC(=O)C1CCCC1. The van der Waals surface area contributed by atoms with Crippen molar-refractivity contribution in [2.24, 2.45) is 5.92 Å². The van der Waals surface area contributed by atoms with Crippen molar-refractivity contribution in [3.8, 4) is 0 Å². The van der Waals surface area contributed by atoms with Crippen molar-refractivity contribution in [1.82, 2.24) is 5.32 Å². The van der Waals surface area contributed by atoms with Gasteiger partial charge in [-0.1, -0.05) is 26.7 Å². The summed E-state index contributed by atoms with van der Waals surface area (Å²) in [5, 5.41) is 3.15. The van der Waals surface area contributed by atoms with Gasteiger partial charge in [0, 0.05) is 11.8 Å². The Morgan fingerprint density at radius 3 is 2.27 bits per heavy atom. The summed E-state index contributed by atoms with van der Waals surface area (Å²) in [4.78, 5) is 12.0. The minimum atomic E-state index is -0.179. The Morgan fingerprint density at radius 1 is 1.33 bits per heavy atom. The quantitative estimate of drug-likeness (QED) is 0.724. The number of hydrogen-bond donors (Lipinski definition) is 1. The fraction of sp³-hybridized carbons (Fsp3) is 0.917. The summed E-state index contributed by atoms with van der Waals surface area (Å²) in [5.74, 6) is 0.973. The molecule has 0 atom stereocenters. The number of halogens is 1. The lowest BCUT2D eigenvalue weighted by atomic mass is 9.93. The first-order chi connectivity index (χ1) is 7.17. The van der Waals surface area contributed by atoms with Crippen LogP contribution in [0, 0.1) is 5.92 Å². The van der Waals surface area contributed by atoms with Gasteiger partial charge in [-0.25, -0.2) is 0 Å². The molecule has 1 fully saturated rings. The molecule has 0 aromatic heterocycles. The highest BCUT2D eigenvalue weighted by molar-refractivity contribution is 6.18. The van der Waals surface area contributed by atoms with E-state index in [0.717, 1.165) is 25.7 Å². The van der Waals surface area contributed by atoms with E-state index in [2.05, 4.69) is 19.2 Å². The van der Waals surface area contributed by atoms with Crippen LogP contribution < -0.4 is 5.32 Å². The van der Waals surface area contributed by atoms with Crippen LogP contribution in [0.2, 0.25) is 0 Å². The van der Waals surface area contributed by atoms with Crippen LogP contribution in [0.15, 0.2) is 0 Å². The maximum atomic E-state index is 12.0. The molecule has 3 heteroatoms. The van der Waals surface area contributed by atoms with Gasteiger partial charge in [-0.3, -0.25) is 4.79 Å². The summed E-state index contributed by atoms with van der Waals surface area (Å²) >= 11 is 5.96. The van der Waals surface area contributed by atoms with Crippen molar-refractivity contribution in [3.63, 3.8) is 0 Å². The van der Waals surface area contributed by atoms with E-state index in [-0.39, 0.29) is 17.4 Å². The molecule has 0 heterocycles. The summed E-state index contributed by atoms with van der Waals surface area (Å²) in [6.07, 6.45) is 6.32. The molecule has 88 valence electrons. The highest BCUT2D eigenvalue weighted by atomic mass is 35.5. The van der Waals surface area contributed by atoms with Gasteiger partial charge in [0.2, 0.25) is 5.91 Å². The standard InChI is InChI=1S/C12H22ClNO/c1-3-12(4-2,9-13)14-11(15)10-7-5-6-8-10/h10H,3-9H2,1-2H3,(H,14,15). The first-order valence-electron chi connectivity index (χ1n) is 6.05. The Morgan fingerprint density at radius 2 is 1.87 bits per heavy atom. The van der Waals surface area contributed by atoms with Gasteiger partial charge in [-0.2, -0.15) is 0 Å². The van der Waals surface area contributed by atoms with Crippen molar-refractivity contribution >= 4 is 17.5 Å². The number of rotatable bonds is 5. The number of carbonyl (C=O) groups excluding carboxylic acids is 1. The lowest BCUT2D eigenvalue weighted by Crippen LogP contribution is -2.50. The van der Waals surface area contributed by atoms with Crippen LogP contribution >= 0.6 is 11.6 Å². The van der Waals surface area contributed by atoms with Gasteiger partial charge in [-0.15, -0.1) is 11.6 Å². The summed E-state index contributed by atoms with van der Waals surface area (Å²) in [5.41, 5.74) is -0.179.